The maximum Gasteiger partial charge on any atom is 0.340 e. The summed E-state index contributed by atoms with van der Waals surface area (Å²) in [7, 11) is 0. The zero-order valence-corrected chi connectivity index (χ0v) is 9.06. The summed E-state index contributed by atoms with van der Waals surface area (Å²) in [6, 6.07) is 8.65. The highest BCUT2D eigenvalue weighted by atomic mass is 16.4. The molecule has 0 saturated heterocycles. The molecule has 17 heavy (non-hydrogen) atoms. The first-order valence-corrected chi connectivity index (χ1v) is 4.95. The van der Waals surface area contributed by atoms with Crippen molar-refractivity contribution in [2.75, 3.05) is 0 Å². The van der Waals surface area contributed by atoms with Crippen LogP contribution in [0.25, 0.3) is 10.8 Å². The number of hydrogen-bond acceptors (Lipinski definition) is 3. The van der Waals surface area contributed by atoms with Crippen LogP contribution >= 0.6 is 0 Å². The third-order valence-electron chi connectivity index (χ3n) is 2.77. The van der Waals surface area contributed by atoms with Gasteiger partial charge in [-0.25, -0.2) is 4.79 Å². The molecule has 84 valence electrons. The van der Waals surface area contributed by atoms with Gasteiger partial charge in [-0.2, -0.15) is 5.26 Å². The molecule has 4 nitrogen and oxygen atoms in total. The Hall–Kier alpha value is -2.54. The lowest BCUT2D eigenvalue weighted by Crippen LogP contribution is -2.01. The van der Waals surface area contributed by atoms with Gasteiger partial charge in [-0.05, 0) is 17.9 Å². The molecule has 2 aromatic rings. The van der Waals surface area contributed by atoms with Gasteiger partial charge in [0, 0.05) is 5.39 Å². The molecule has 0 amide bonds. The first-order chi connectivity index (χ1) is 8.07. The molecule has 0 bridgehead atoms. The van der Waals surface area contributed by atoms with Gasteiger partial charge in [0.25, 0.3) is 0 Å². The molecule has 0 saturated carbocycles. The SMILES string of the molecule is Cc1c(C#N)c(O)c(C(=O)O)c2ccccc12. The fourth-order valence-electron chi connectivity index (χ4n) is 1.95. The van der Waals surface area contributed by atoms with Crippen LogP contribution in [0.1, 0.15) is 21.5 Å². The van der Waals surface area contributed by atoms with Crippen molar-refractivity contribution < 1.29 is 15.0 Å². The smallest absolute Gasteiger partial charge is 0.340 e. The van der Waals surface area contributed by atoms with Crippen molar-refractivity contribution in [3.63, 3.8) is 0 Å². The van der Waals surface area contributed by atoms with E-state index in [1.54, 1.807) is 31.2 Å². The fourth-order valence-corrected chi connectivity index (χ4v) is 1.95. The van der Waals surface area contributed by atoms with Crippen molar-refractivity contribution in [1.82, 2.24) is 0 Å². The van der Waals surface area contributed by atoms with Gasteiger partial charge in [0.15, 0.2) is 0 Å². The molecule has 0 heterocycles. The summed E-state index contributed by atoms with van der Waals surface area (Å²) in [5, 5.41) is 29.0. The van der Waals surface area contributed by atoms with Gasteiger partial charge in [0.1, 0.15) is 17.4 Å². The van der Waals surface area contributed by atoms with E-state index in [1.165, 1.54) is 0 Å². The Labute approximate surface area is 97.4 Å². The van der Waals surface area contributed by atoms with E-state index in [1.807, 2.05) is 6.07 Å². The number of nitriles is 1. The van der Waals surface area contributed by atoms with E-state index < -0.39 is 11.7 Å². The van der Waals surface area contributed by atoms with Gasteiger partial charge in [0.05, 0.1) is 5.56 Å². The molecule has 2 aromatic carbocycles. The summed E-state index contributed by atoms with van der Waals surface area (Å²) in [5.74, 6) is -1.70. The number of carboxylic acids is 1. The summed E-state index contributed by atoms with van der Waals surface area (Å²) < 4.78 is 0. The second-order valence-corrected chi connectivity index (χ2v) is 3.69. The molecule has 0 aliphatic rings. The van der Waals surface area contributed by atoms with Crippen molar-refractivity contribution in [2.45, 2.75) is 6.92 Å². The highest BCUT2D eigenvalue weighted by Crippen LogP contribution is 2.34. The quantitative estimate of drug-likeness (QED) is 0.783. The molecule has 0 spiro atoms. The predicted octanol–water partition coefficient (Wildman–Crippen LogP) is 2.42. The van der Waals surface area contributed by atoms with Gasteiger partial charge in [0.2, 0.25) is 0 Å². The van der Waals surface area contributed by atoms with Gasteiger partial charge < -0.3 is 10.2 Å². The van der Waals surface area contributed by atoms with Crippen LogP contribution in [0.4, 0.5) is 0 Å². The third-order valence-corrected chi connectivity index (χ3v) is 2.77. The van der Waals surface area contributed by atoms with E-state index in [0.717, 1.165) is 0 Å². The maximum absolute atomic E-state index is 11.1. The van der Waals surface area contributed by atoms with Crippen LogP contribution in [0.15, 0.2) is 24.3 Å². The lowest BCUT2D eigenvalue weighted by molar-refractivity contribution is 0.0696. The minimum atomic E-state index is -1.24. The monoisotopic (exact) mass is 227 g/mol. The second kappa shape index (κ2) is 3.80. The van der Waals surface area contributed by atoms with Crippen LogP contribution in [0, 0.1) is 18.3 Å². The molecule has 2 rings (SSSR count). The van der Waals surface area contributed by atoms with Crippen molar-refractivity contribution in [3.8, 4) is 11.8 Å². The minimum absolute atomic E-state index is 0.0149. The lowest BCUT2D eigenvalue weighted by Gasteiger charge is -2.10. The van der Waals surface area contributed by atoms with Crippen LogP contribution in [-0.2, 0) is 0 Å². The number of aromatic carboxylic acids is 1. The number of aryl methyl sites for hydroxylation is 1. The number of benzene rings is 2. The second-order valence-electron chi connectivity index (χ2n) is 3.69. The van der Waals surface area contributed by atoms with Crippen LogP contribution < -0.4 is 0 Å². The molecule has 0 atom stereocenters. The Kier molecular flexibility index (Phi) is 2.45. The third kappa shape index (κ3) is 1.49. The zero-order chi connectivity index (χ0) is 12.6. The van der Waals surface area contributed by atoms with Crippen molar-refractivity contribution in [2.24, 2.45) is 0 Å². The van der Waals surface area contributed by atoms with Gasteiger partial charge in [-0.15, -0.1) is 0 Å². The minimum Gasteiger partial charge on any atom is -0.506 e. The van der Waals surface area contributed by atoms with Crippen molar-refractivity contribution in [3.05, 3.63) is 41.0 Å². The average molecular weight is 227 g/mol. The maximum atomic E-state index is 11.1. The number of nitrogens with zero attached hydrogens (tertiary/aromatic N) is 1. The standard InChI is InChI=1S/C13H9NO3/c1-7-8-4-2-3-5-9(8)11(13(16)17)12(15)10(7)6-14/h2-5,15H,1H3,(H,16,17). The predicted molar refractivity (Wildman–Crippen MR) is 62.0 cm³/mol. The lowest BCUT2D eigenvalue weighted by atomic mass is 9.94. The van der Waals surface area contributed by atoms with Crippen LogP contribution in [0.2, 0.25) is 0 Å². The largest absolute Gasteiger partial charge is 0.506 e. The first-order valence-electron chi connectivity index (χ1n) is 4.95. The van der Waals surface area contributed by atoms with E-state index in [9.17, 15) is 9.90 Å². The van der Waals surface area contributed by atoms with E-state index in [2.05, 4.69) is 0 Å². The van der Waals surface area contributed by atoms with E-state index in [0.29, 0.717) is 16.3 Å². The van der Waals surface area contributed by atoms with Crippen LogP contribution in [0.5, 0.6) is 5.75 Å². The summed E-state index contributed by atoms with van der Waals surface area (Å²) >= 11 is 0. The molecule has 0 fully saturated rings. The number of carbonyl (C=O) groups is 1. The van der Waals surface area contributed by atoms with Crippen LogP contribution in [-0.4, -0.2) is 16.2 Å². The van der Waals surface area contributed by atoms with E-state index >= 15 is 0 Å². The Balaban J connectivity index is 3.08. The number of fused-ring (bicyclic) bond motifs is 1. The zero-order valence-electron chi connectivity index (χ0n) is 9.06. The summed E-state index contributed by atoms with van der Waals surface area (Å²) in [6.45, 7) is 1.69. The molecule has 0 unspecified atom stereocenters. The molecule has 0 radical (unpaired) electrons. The molecule has 0 aromatic heterocycles. The molecule has 0 aliphatic heterocycles. The topological polar surface area (TPSA) is 81.3 Å². The van der Waals surface area contributed by atoms with Crippen LogP contribution in [0.3, 0.4) is 0 Å². The summed E-state index contributed by atoms with van der Waals surface area (Å²) in [5.41, 5.74) is 0.384. The Morgan fingerprint density at radius 2 is 1.88 bits per heavy atom. The van der Waals surface area contributed by atoms with Gasteiger partial charge in [-0.3, -0.25) is 0 Å². The summed E-state index contributed by atoms with van der Waals surface area (Å²) in [4.78, 5) is 11.1. The summed E-state index contributed by atoms with van der Waals surface area (Å²) in [6.07, 6.45) is 0. The average Bonchev–Trinajstić information content (AvgIpc) is 2.29. The Morgan fingerprint density at radius 1 is 1.29 bits per heavy atom. The van der Waals surface area contributed by atoms with Gasteiger partial charge in [-0.1, -0.05) is 24.3 Å². The molecule has 0 aliphatic carbocycles. The first kappa shape index (κ1) is 11.0. The molecular formula is C13H9NO3. The molecule has 2 N–H and O–H groups in total. The normalized spacial score (nSPS) is 10.1. The number of phenols is 1. The van der Waals surface area contributed by atoms with E-state index in [-0.39, 0.29) is 11.1 Å². The molecular weight excluding hydrogens is 218 g/mol. The van der Waals surface area contributed by atoms with Crippen molar-refractivity contribution in [1.29, 1.82) is 5.26 Å². The Bertz CT molecular complexity index is 668. The Morgan fingerprint density at radius 3 is 2.41 bits per heavy atom. The van der Waals surface area contributed by atoms with Crippen molar-refractivity contribution >= 4 is 16.7 Å². The highest BCUT2D eigenvalue weighted by molar-refractivity contribution is 6.08. The van der Waals surface area contributed by atoms with Gasteiger partial charge >= 0.3 is 5.97 Å². The number of rotatable bonds is 1. The van der Waals surface area contributed by atoms with E-state index in [4.69, 9.17) is 10.4 Å². The molecule has 4 heteroatoms. The highest BCUT2D eigenvalue weighted by Gasteiger charge is 2.20. The fraction of sp³-hybridized carbons (Fsp3) is 0.0769. The number of carboxylic acid groups (broad SMARTS) is 1. The number of aromatic hydroxyl groups is 1. The number of hydrogen-bond donors (Lipinski definition) is 2.